The van der Waals surface area contributed by atoms with Crippen molar-refractivity contribution in [3.05, 3.63) is 253 Å². The first-order chi connectivity index (χ1) is 29.2. The molecule has 0 N–H and O–H groups in total. The minimum absolute atomic E-state index is 0.475. The normalized spacial score (nSPS) is 12.5. The summed E-state index contributed by atoms with van der Waals surface area (Å²) in [7, 11) is 0. The molecule has 0 aliphatic heterocycles. The molecule has 0 saturated carbocycles. The van der Waals surface area contributed by atoms with Crippen LogP contribution in [0.3, 0.4) is 0 Å². The molecule has 0 radical (unpaired) electrons. The Labute approximate surface area is 344 Å². The monoisotopic (exact) mass is 750 g/mol. The summed E-state index contributed by atoms with van der Waals surface area (Å²) in [5.74, 6) is 0.721. The van der Waals surface area contributed by atoms with Crippen LogP contribution >= 0.6 is 0 Å². The topological polar surface area (TPSA) is 25.8 Å². The predicted octanol–water partition coefficient (Wildman–Crippen LogP) is 14.3. The molecule has 276 valence electrons. The van der Waals surface area contributed by atoms with Crippen molar-refractivity contribution in [1.29, 1.82) is 0 Å². The van der Waals surface area contributed by atoms with Gasteiger partial charge in [-0.3, -0.25) is 0 Å². The standard InChI is InChI=1S/C57H38N2/c1-4-18-39(19-5-1)44-35-45(41-22-16-24-43(34-41)55-51-30-12-15-33-54(51)58-56(59-55)40-20-6-2-7-21-40)37-46(36-44)42-23-17-27-48(38-42)57(47-25-8-3-9-26-47)52-31-13-10-28-49(52)50-29-11-14-32-53(50)57/h1-38H. The molecule has 1 heterocycles. The molecule has 1 aromatic heterocycles. The summed E-state index contributed by atoms with van der Waals surface area (Å²) in [5, 5.41) is 1.03. The van der Waals surface area contributed by atoms with Crippen molar-refractivity contribution in [1.82, 2.24) is 9.97 Å². The molecular weight excluding hydrogens is 713 g/mol. The Morgan fingerprint density at radius 3 is 1.42 bits per heavy atom. The van der Waals surface area contributed by atoms with E-state index in [0.29, 0.717) is 0 Å². The highest BCUT2D eigenvalue weighted by Crippen LogP contribution is 2.56. The fourth-order valence-electron chi connectivity index (χ4n) is 9.26. The van der Waals surface area contributed by atoms with Crippen LogP contribution in [0.4, 0.5) is 0 Å². The van der Waals surface area contributed by atoms with Gasteiger partial charge in [-0.05, 0) is 103 Å². The molecule has 0 amide bonds. The largest absolute Gasteiger partial charge is 0.228 e. The summed E-state index contributed by atoms with van der Waals surface area (Å²) >= 11 is 0. The van der Waals surface area contributed by atoms with E-state index in [4.69, 9.17) is 9.97 Å². The molecular formula is C57H38N2. The van der Waals surface area contributed by atoms with E-state index in [0.717, 1.165) is 50.2 Å². The zero-order valence-corrected chi connectivity index (χ0v) is 32.3. The summed E-state index contributed by atoms with van der Waals surface area (Å²) in [4.78, 5) is 10.2. The van der Waals surface area contributed by atoms with E-state index in [1.54, 1.807) is 0 Å². The number of hydrogen-bond donors (Lipinski definition) is 0. The molecule has 0 atom stereocenters. The number of hydrogen-bond acceptors (Lipinski definition) is 2. The van der Waals surface area contributed by atoms with Crippen LogP contribution in [0.1, 0.15) is 22.3 Å². The van der Waals surface area contributed by atoms with Crippen LogP contribution in [-0.4, -0.2) is 9.97 Å². The fraction of sp³-hybridized carbons (Fsp3) is 0.0175. The van der Waals surface area contributed by atoms with Crippen LogP contribution in [0.15, 0.2) is 231 Å². The number of rotatable bonds is 7. The molecule has 0 bridgehead atoms. The van der Waals surface area contributed by atoms with E-state index in [9.17, 15) is 0 Å². The molecule has 0 spiro atoms. The highest BCUT2D eigenvalue weighted by Gasteiger charge is 2.45. The molecule has 2 heteroatoms. The second-order valence-electron chi connectivity index (χ2n) is 15.3. The second-order valence-corrected chi connectivity index (χ2v) is 15.3. The van der Waals surface area contributed by atoms with Crippen molar-refractivity contribution >= 4 is 10.9 Å². The predicted molar refractivity (Wildman–Crippen MR) is 244 cm³/mol. The van der Waals surface area contributed by atoms with Crippen LogP contribution in [0.5, 0.6) is 0 Å². The summed E-state index contributed by atoms with van der Waals surface area (Å²) in [5.41, 5.74) is 18.1. The van der Waals surface area contributed by atoms with Gasteiger partial charge >= 0.3 is 0 Å². The SMILES string of the molecule is c1ccc(-c2cc(-c3cccc(-c4nc(-c5ccccc5)nc5ccccc45)c3)cc(-c3cccc(C4(c5ccccc5)c5ccccc5-c5ccccc54)c3)c2)cc1. The highest BCUT2D eigenvalue weighted by molar-refractivity contribution is 5.95. The Bertz CT molecular complexity index is 3110. The minimum atomic E-state index is -0.475. The van der Waals surface area contributed by atoms with Crippen LogP contribution < -0.4 is 0 Å². The van der Waals surface area contributed by atoms with Gasteiger partial charge < -0.3 is 0 Å². The first-order valence-electron chi connectivity index (χ1n) is 20.2. The summed E-state index contributed by atoms with van der Waals surface area (Å²) < 4.78 is 0. The van der Waals surface area contributed by atoms with Gasteiger partial charge in [0.15, 0.2) is 5.82 Å². The van der Waals surface area contributed by atoms with Crippen molar-refractivity contribution in [2.75, 3.05) is 0 Å². The maximum Gasteiger partial charge on any atom is 0.160 e. The van der Waals surface area contributed by atoms with Gasteiger partial charge in [-0.25, -0.2) is 9.97 Å². The number of nitrogens with zero attached hydrogens (tertiary/aromatic N) is 2. The lowest BCUT2D eigenvalue weighted by atomic mass is 9.67. The third kappa shape index (κ3) is 5.88. The zero-order chi connectivity index (χ0) is 39.2. The van der Waals surface area contributed by atoms with Crippen LogP contribution in [0.25, 0.3) is 78.1 Å². The molecule has 0 saturated heterocycles. The first kappa shape index (κ1) is 34.6. The Morgan fingerprint density at radius 1 is 0.288 bits per heavy atom. The molecule has 1 aliphatic rings. The maximum absolute atomic E-state index is 5.21. The minimum Gasteiger partial charge on any atom is -0.228 e. The molecule has 10 aromatic rings. The summed E-state index contributed by atoms with van der Waals surface area (Å²) in [6.45, 7) is 0. The number of benzene rings is 9. The van der Waals surface area contributed by atoms with Crippen molar-refractivity contribution in [3.8, 4) is 67.2 Å². The van der Waals surface area contributed by atoms with Crippen molar-refractivity contribution in [2.45, 2.75) is 5.41 Å². The number of para-hydroxylation sites is 1. The summed E-state index contributed by atoms with van der Waals surface area (Å²) in [6, 6.07) is 83.2. The van der Waals surface area contributed by atoms with E-state index >= 15 is 0 Å². The van der Waals surface area contributed by atoms with Crippen molar-refractivity contribution in [3.63, 3.8) is 0 Å². The average molecular weight is 751 g/mol. The Balaban J connectivity index is 1.09. The molecule has 11 rings (SSSR count). The first-order valence-corrected chi connectivity index (χ1v) is 20.2. The van der Waals surface area contributed by atoms with Gasteiger partial charge in [0.1, 0.15) is 0 Å². The van der Waals surface area contributed by atoms with Gasteiger partial charge in [0.25, 0.3) is 0 Å². The van der Waals surface area contributed by atoms with Crippen LogP contribution in [0.2, 0.25) is 0 Å². The summed E-state index contributed by atoms with van der Waals surface area (Å²) in [6.07, 6.45) is 0. The van der Waals surface area contributed by atoms with E-state index in [1.807, 2.05) is 24.3 Å². The third-order valence-corrected chi connectivity index (χ3v) is 11.9. The average Bonchev–Trinajstić information content (AvgIpc) is 3.63. The van der Waals surface area contributed by atoms with Gasteiger partial charge in [0, 0.05) is 16.5 Å². The molecule has 59 heavy (non-hydrogen) atoms. The van der Waals surface area contributed by atoms with Gasteiger partial charge in [0.05, 0.1) is 16.6 Å². The Hall–Kier alpha value is -7.68. The van der Waals surface area contributed by atoms with Gasteiger partial charge in [-0.15, -0.1) is 0 Å². The fourth-order valence-corrected chi connectivity index (χ4v) is 9.26. The van der Waals surface area contributed by atoms with E-state index in [-0.39, 0.29) is 0 Å². The lowest BCUT2D eigenvalue weighted by Crippen LogP contribution is -2.28. The molecule has 9 aromatic carbocycles. The zero-order valence-electron chi connectivity index (χ0n) is 32.3. The smallest absolute Gasteiger partial charge is 0.160 e. The van der Waals surface area contributed by atoms with Crippen LogP contribution in [0, 0.1) is 0 Å². The molecule has 0 unspecified atom stereocenters. The van der Waals surface area contributed by atoms with Gasteiger partial charge in [-0.2, -0.15) is 0 Å². The lowest BCUT2D eigenvalue weighted by Gasteiger charge is -2.34. The van der Waals surface area contributed by atoms with Gasteiger partial charge in [0.2, 0.25) is 0 Å². The van der Waals surface area contributed by atoms with Gasteiger partial charge in [-0.1, -0.05) is 194 Å². The second kappa shape index (κ2) is 14.4. The molecule has 1 aliphatic carbocycles. The highest BCUT2D eigenvalue weighted by atomic mass is 14.9. The lowest BCUT2D eigenvalue weighted by molar-refractivity contribution is 0.769. The van der Waals surface area contributed by atoms with Crippen molar-refractivity contribution in [2.24, 2.45) is 0 Å². The number of aromatic nitrogens is 2. The third-order valence-electron chi connectivity index (χ3n) is 11.9. The van der Waals surface area contributed by atoms with Crippen molar-refractivity contribution < 1.29 is 0 Å². The van der Waals surface area contributed by atoms with Crippen LogP contribution in [-0.2, 0) is 5.41 Å². The Kier molecular flexibility index (Phi) is 8.41. The molecule has 2 nitrogen and oxygen atoms in total. The quantitative estimate of drug-likeness (QED) is 0.162. The molecule has 0 fully saturated rings. The Morgan fingerprint density at radius 2 is 0.746 bits per heavy atom. The maximum atomic E-state index is 5.21. The van der Waals surface area contributed by atoms with E-state index in [1.165, 1.54) is 50.1 Å². The van der Waals surface area contributed by atoms with E-state index < -0.39 is 5.41 Å². The van der Waals surface area contributed by atoms with E-state index in [2.05, 4.69) is 206 Å². The number of fused-ring (bicyclic) bond motifs is 4.